The zero-order valence-electron chi connectivity index (χ0n) is 14.4. The first kappa shape index (κ1) is 15.3. The lowest BCUT2D eigenvalue weighted by molar-refractivity contribution is -0.123. The van der Waals surface area contributed by atoms with E-state index in [9.17, 15) is 4.79 Å². The number of nitrogens with one attached hydrogen (secondary N) is 2. The number of aromatic nitrogens is 2. The summed E-state index contributed by atoms with van der Waals surface area (Å²) in [5, 5.41) is 3.11. The van der Waals surface area contributed by atoms with Crippen molar-refractivity contribution in [3.63, 3.8) is 0 Å². The van der Waals surface area contributed by atoms with E-state index in [-0.39, 0.29) is 30.6 Å². The van der Waals surface area contributed by atoms with E-state index in [1.165, 1.54) is 0 Å². The summed E-state index contributed by atoms with van der Waals surface area (Å²) in [5.41, 5.74) is 2.97. The van der Waals surface area contributed by atoms with E-state index >= 15 is 0 Å². The van der Waals surface area contributed by atoms with Gasteiger partial charge in [-0.3, -0.25) is 4.79 Å². The van der Waals surface area contributed by atoms with E-state index in [0.717, 1.165) is 40.3 Å². The standard InChI is InChI=1S/C20H19N3O3/c1-11(12-6-7-17-18(8-12)26-10-25-17)21-20(24)14-9-13(14)19-22-15-4-2-3-5-16(15)23-19/h2-8,11,13-14H,9-10H2,1H3,(H,21,24)(H,22,23)/t11-,13+,14+/m1/s1. The molecule has 132 valence electrons. The summed E-state index contributed by atoms with van der Waals surface area (Å²) < 4.78 is 10.7. The molecule has 6 nitrogen and oxygen atoms in total. The van der Waals surface area contributed by atoms with Crippen molar-refractivity contribution < 1.29 is 14.3 Å². The number of imidazole rings is 1. The average Bonchev–Trinajstić information content (AvgIpc) is 3.12. The molecule has 0 saturated heterocycles. The lowest BCUT2D eigenvalue weighted by Crippen LogP contribution is -2.28. The monoisotopic (exact) mass is 349 g/mol. The third kappa shape index (κ3) is 2.58. The average molecular weight is 349 g/mol. The maximum atomic E-state index is 12.6. The molecule has 26 heavy (non-hydrogen) atoms. The molecule has 1 fully saturated rings. The molecule has 1 aliphatic heterocycles. The number of aromatic amines is 1. The summed E-state index contributed by atoms with van der Waals surface area (Å²) >= 11 is 0. The third-order valence-corrected chi connectivity index (χ3v) is 5.14. The SMILES string of the molecule is C[C@@H](NC(=O)[C@H]1C[C@@H]1c1nc2ccccc2[nH]1)c1ccc2c(c1)OCO2. The molecule has 1 amide bonds. The summed E-state index contributed by atoms with van der Waals surface area (Å²) in [6, 6.07) is 13.6. The van der Waals surface area contributed by atoms with E-state index in [2.05, 4.69) is 15.3 Å². The Morgan fingerprint density at radius 1 is 1.23 bits per heavy atom. The Kier molecular flexibility index (Phi) is 3.38. The van der Waals surface area contributed by atoms with Crippen LogP contribution in [0.1, 0.15) is 36.7 Å². The van der Waals surface area contributed by atoms with Gasteiger partial charge in [-0.15, -0.1) is 0 Å². The smallest absolute Gasteiger partial charge is 0.231 e. The second-order valence-electron chi connectivity index (χ2n) is 6.93. The van der Waals surface area contributed by atoms with E-state index in [1.54, 1.807) is 0 Å². The first-order valence-corrected chi connectivity index (χ1v) is 8.83. The molecule has 0 bridgehead atoms. The van der Waals surface area contributed by atoms with Gasteiger partial charge in [0.05, 0.1) is 17.1 Å². The molecule has 6 heteroatoms. The van der Waals surface area contributed by atoms with Crippen LogP contribution in [0.2, 0.25) is 0 Å². The Hall–Kier alpha value is -3.02. The zero-order chi connectivity index (χ0) is 17.7. The number of rotatable bonds is 4. The molecule has 0 radical (unpaired) electrons. The number of hydrogen-bond donors (Lipinski definition) is 2. The molecular formula is C20H19N3O3. The van der Waals surface area contributed by atoms with Gasteiger partial charge in [-0.1, -0.05) is 18.2 Å². The first-order chi connectivity index (χ1) is 12.7. The molecule has 2 aromatic carbocycles. The molecule has 3 aromatic rings. The van der Waals surface area contributed by atoms with Gasteiger partial charge in [-0.05, 0) is 43.2 Å². The van der Waals surface area contributed by atoms with Crippen LogP contribution in [0.4, 0.5) is 0 Å². The maximum Gasteiger partial charge on any atom is 0.231 e. The van der Waals surface area contributed by atoms with Crippen molar-refractivity contribution in [1.82, 2.24) is 15.3 Å². The van der Waals surface area contributed by atoms with Crippen molar-refractivity contribution in [3.05, 3.63) is 53.9 Å². The Morgan fingerprint density at radius 3 is 2.96 bits per heavy atom. The summed E-state index contributed by atoms with van der Waals surface area (Å²) in [4.78, 5) is 20.6. The molecular weight excluding hydrogens is 330 g/mol. The number of carbonyl (C=O) groups is 1. The van der Waals surface area contributed by atoms with Gasteiger partial charge >= 0.3 is 0 Å². The summed E-state index contributed by atoms with van der Waals surface area (Å²) in [6.45, 7) is 2.23. The predicted molar refractivity (Wildman–Crippen MR) is 96.1 cm³/mol. The van der Waals surface area contributed by atoms with Crippen molar-refractivity contribution in [2.45, 2.75) is 25.3 Å². The number of para-hydroxylation sites is 2. The topological polar surface area (TPSA) is 76.2 Å². The van der Waals surface area contributed by atoms with Crippen LogP contribution in [0.3, 0.4) is 0 Å². The van der Waals surface area contributed by atoms with Crippen LogP contribution in [-0.4, -0.2) is 22.7 Å². The quantitative estimate of drug-likeness (QED) is 0.758. The van der Waals surface area contributed by atoms with Crippen LogP contribution in [0.5, 0.6) is 11.5 Å². The number of fused-ring (bicyclic) bond motifs is 2. The number of benzene rings is 2. The molecule has 1 aromatic heterocycles. The highest BCUT2D eigenvalue weighted by Crippen LogP contribution is 2.47. The fourth-order valence-electron chi connectivity index (χ4n) is 3.52. The number of nitrogens with zero attached hydrogens (tertiary/aromatic N) is 1. The highest BCUT2D eigenvalue weighted by Gasteiger charge is 2.46. The van der Waals surface area contributed by atoms with Crippen LogP contribution >= 0.6 is 0 Å². The Balaban J connectivity index is 1.26. The molecule has 2 N–H and O–H groups in total. The number of carbonyl (C=O) groups excluding carboxylic acids is 1. The number of hydrogen-bond acceptors (Lipinski definition) is 4. The Bertz CT molecular complexity index is 964. The van der Waals surface area contributed by atoms with Gasteiger partial charge in [0.15, 0.2) is 11.5 Å². The molecule has 1 saturated carbocycles. The van der Waals surface area contributed by atoms with Crippen molar-refractivity contribution in [3.8, 4) is 11.5 Å². The minimum absolute atomic E-state index is 0.0213. The van der Waals surface area contributed by atoms with Gasteiger partial charge in [0.2, 0.25) is 12.7 Å². The normalized spacial score (nSPS) is 21.6. The fraction of sp³-hybridized carbons (Fsp3) is 0.300. The van der Waals surface area contributed by atoms with Crippen molar-refractivity contribution in [1.29, 1.82) is 0 Å². The van der Waals surface area contributed by atoms with Gasteiger partial charge in [-0.2, -0.15) is 0 Å². The summed E-state index contributed by atoms with van der Waals surface area (Å²) in [5.74, 6) is 2.61. The van der Waals surface area contributed by atoms with Gasteiger partial charge in [0, 0.05) is 11.8 Å². The molecule has 1 aliphatic carbocycles. The predicted octanol–water partition coefficient (Wildman–Crippen LogP) is 3.27. The van der Waals surface area contributed by atoms with E-state index in [1.807, 2.05) is 49.4 Å². The first-order valence-electron chi connectivity index (χ1n) is 8.83. The molecule has 3 atom stereocenters. The molecule has 0 spiro atoms. The van der Waals surface area contributed by atoms with E-state index < -0.39 is 0 Å². The minimum atomic E-state index is -0.0890. The van der Waals surface area contributed by atoms with E-state index in [4.69, 9.17) is 9.47 Å². The van der Waals surface area contributed by atoms with Gasteiger partial charge in [0.25, 0.3) is 0 Å². The lowest BCUT2D eigenvalue weighted by atomic mass is 10.1. The van der Waals surface area contributed by atoms with Crippen LogP contribution < -0.4 is 14.8 Å². The molecule has 2 heterocycles. The van der Waals surface area contributed by atoms with Gasteiger partial charge < -0.3 is 19.8 Å². The van der Waals surface area contributed by atoms with Crippen molar-refractivity contribution >= 4 is 16.9 Å². The van der Waals surface area contributed by atoms with Crippen molar-refractivity contribution in [2.75, 3.05) is 6.79 Å². The largest absolute Gasteiger partial charge is 0.454 e. The molecule has 2 aliphatic rings. The molecule has 5 rings (SSSR count). The Labute approximate surface area is 150 Å². The fourth-order valence-corrected chi connectivity index (χ4v) is 3.52. The highest BCUT2D eigenvalue weighted by molar-refractivity contribution is 5.83. The van der Waals surface area contributed by atoms with Crippen LogP contribution in [0.15, 0.2) is 42.5 Å². The van der Waals surface area contributed by atoms with E-state index in [0.29, 0.717) is 0 Å². The van der Waals surface area contributed by atoms with Crippen LogP contribution in [0.25, 0.3) is 11.0 Å². The minimum Gasteiger partial charge on any atom is -0.454 e. The van der Waals surface area contributed by atoms with Crippen LogP contribution in [-0.2, 0) is 4.79 Å². The summed E-state index contributed by atoms with van der Waals surface area (Å²) in [7, 11) is 0. The summed E-state index contributed by atoms with van der Waals surface area (Å²) in [6.07, 6.45) is 0.833. The Morgan fingerprint density at radius 2 is 2.08 bits per heavy atom. The lowest BCUT2D eigenvalue weighted by Gasteiger charge is -2.14. The second-order valence-corrected chi connectivity index (χ2v) is 6.93. The van der Waals surface area contributed by atoms with Gasteiger partial charge in [-0.25, -0.2) is 4.98 Å². The number of H-pyrrole nitrogens is 1. The maximum absolute atomic E-state index is 12.6. The highest BCUT2D eigenvalue weighted by atomic mass is 16.7. The zero-order valence-corrected chi connectivity index (χ0v) is 14.4. The number of ether oxygens (including phenoxy) is 2. The second kappa shape index (κ2) is 5.76. The van der Waals surface area contributed by atoms with Crippen LogP contribution in [0, 0.1) is 5.92 Å². The third-order valence-electron chi connectivity index (χ3n) is 5.14. The van der Waals surface area contributed by atoms with Crippen molar-refractivity contribution in [2.24, 2.45) is 5.92 Å². The van der Waals surface area contributed by atoms with Gasteiger partial charge in [0.1, 0.15) is 5.82 Å². The molecule has 0 unspecified atom stereocenters. The number of amides is 1.